The SMILES string of the molecule is C=C1CCC(C(=O)Cc2ccc(CCCc3cccc(CCC(C)(F)F)c3)c(CC)c2)CC1CC. The molecule has 1 aliphatic rings. The van der Waals surface area contributed by atoms with Gasteiger partial charge in [0, 0.05) is 18.8 Å². The Balaban J connectivity index is 1.54. The molecule has 0 heterocycles. The number of ketones is 1. The molecule has 2 atom stereocenters. The summed E-state index contributed by atoms with van der Waals surface area (Å²) in [7, 11) is 0. The van der Waals surface area contributed by atoms with Crippen molar-refractivity contribution in [2.75, 3.05) is 0 Å². The third kappa shape index (κ3) is 8.40. The van der Waals surface area contributed by atoms with Gasteiger partial charge < -0.3 is 0 Å². The molecule has 0 spiro atoms. The average molecular weight is 481 g/mol. The number of carbonyl (C=O) groups is 1. The van der Waals surface area contributed by atoms with E-state index in [-0.39, 0.29) is 12.3 Å². The molecule has 190 valence electrons. The number of aryl methyl sites for hydroxylation is 4. The van der Waals surface area contributed by atoms with E-state index in [2.05, 4.69) is 50.8 Å². The van der Waals surface area contributed by atoms with Crippen molar-refractivity contribution < 1.29 is 13.6 Å². The number of Topliss-reactive ketones (excluding diaryl/α,β-unsaturated/α-hetero) is 1. The fourth-order valence-corrected chi connectivity index (χ4v) is 5.43. The molecule has 3 rings (SSSR count). The second-order valence-electron chi connectivity index (χ2n) is 10.6. The Morgan fingerprint density at radius 2 is 1.74 bits per heavy atom. The average Bonchev–Trinajstić information content (AvgIpc) is 2.83. The minimum atomic E-state index is -2.62. The minimum absolute atomic E-state index is 0.111. The molecule has 0 N–H and O–H groups in total. The summed E-state index contributed by atoms with van der Waals surface area (Å²) in [5, 5.41) is 0. The van der Waals surface area contributed by atoms with E-state index in [1.54, 1.807) is 0 Å². The van der Waals surface area contributed by atoms with Gasteiger partial charge in [0.05, 0.1) is 0 Å². The fourth-order valence-electron chi connectivity index (χ4n) is 5.43. The van der Waals surface area contributed by atoms with Crippen molar-refractivity contribution in [3.05, 3.63) is 82.4 Å². The summed E-state index contributed by atoms with van der Waals surface area (Å²) in [6.07, 6.45) is 8.71. The van der Waals surface area contributed by atoms with Gasteiger partial charge in [-0.2, -0.15) is 0 Å². The number of hydrogen-bond acceptors (Lipinski definition) is 1. The van der Waals surface area contributed by atoms with Gasteiger partial charge in [0.2, 0.25) is 5.92 Å². The van der Waals surface area contributed by atoms with Gasteiger partial charge in [0.15, 0.2) is 0 Å². The number of hydrogen-bond donors (Lipinski definition) is 0. The van der Waals surface area contributed by atoms with Gasteiger partial charge in [-0.1, -0.05) is 68.5 Å². The standard InChI is InChI=1S/C32H42F2O/c1-5-27-22-30(15-13-23(27)3)31(35)21-26-14-16-29(28(6-2)20-26)12-8-11-24-9-7-10-25(19-24)17-18-32(4,33)34/h7,9-10,14,16,19-20,27,30H,3,5-6,8,11-13,15,17-18,21-22H2,1-2,4H3. The maximum atomic E-state index is 13.2. The highest BCUT2D eigenvalue weighted by molar-refractivity contribution is 5.83. The molecule has 1 fully saturated rings. The van der Waals surface area contributed by atoms with Gasteiger partial charge in [-0.15, -0.1) is 0 Å². The molecule has 35 heavy (non-hydrogen) atoms. The normalized spacial score (nSPS) is 18.6. The Kier molecular flexibility index (Phi) is 9.83. The third-order valence-corrected chi connectivity index (χ3v) is 7.69. The molecule has 1 nitrogen and oxygen atoms in total. The van der Waals surface area contributed by atoms with Crippen LogP contribution in [0.1, 0.15) is 87.1 Å². The summed E-state index contributed by atoms with van der Waals surface area (Å²) in [5.74, 6) is -1.56. The van der Waals surface area contributed by atoms with Crippen LogP contribution in [0.4, 0.5) is 8.78 Å². The maximum Gasteiger partial charge on any atom is 0.245 e. The molecule has 0 radical (unpaired) electrons. The first kappa shape index (κ1) is 27.3. The Morgan fingerprint density at radius 3 is 2.43 bits per heavy atom. The summed E-state index contributed by atoms with van der Waals surface area (Å²) in [4.78, 5) is 13.0. The largest absolute Gasteiger partial charge is 0.299 e. The third-order valence-electron chi connectivity index (χ3n) is 7.69. The van der Waals surface area contributed by atoms with Crippen molar-refractivity contribution >= 4 is 5.78 Å². The van der Waals surface area contributed by atoms with E-state index in [0.717, 1.165) is 69.4 Å². The van der Waals surface area contributed by atoms with Gasteiger partial charge in [-0.3, -0.25) is 4.79 Å². The Labute approximate surface area is 211 Å². The molecule has 2 aromatic rings. The lowest BCUT2D eigenvalue weighted by atomic mass is 9.75. The molecule has 1 saturated carbocycles. The van der Waals surface area contributed by atoms with Crippen LogP contribution in [0.2, 0.25) is 0 Å². The van der Waals surface area contributed by atoms with Crippen molar-refractivity contribution in [3.63, 3.8) is 0 Å². The predicted molar refractivity (Wildman–Crippen MR) is 142 cm³/mol. The van der Waals surface area contributed by atoms with Gasteiger partial charge in [-0.05, 0) is 98.4 Å². The van der Waals surface area contributed by atoms with Crippen LogP contribution in [0.3, 0.4) is 0 Å². The molecule has 2 unspecified atom stereocenters. The van der Waals surface area contributed by atoms with E-state index in [4.69, 9.17) is 0 Å². The lowest BCUT2D eigenvalue weighted by molar-refractivity contribution is -0.123. The number of alkyl halides is 2. The van der Waals surface area contributed by atoms with E-state index in [1.165, 1.54) is 22.3 Å². The first-order valence-corrected chi connectivity index (χ1v) is 13.4. The van der Waals surface area contributed by atoms with Crippen LogP contribution in [0.15, 0.2) is 54.6 Å². The number of benzene rings is 2. The number of rotatable bonds is 12. The van der Waals surface area contributed by atoms with Gasteiger partial charge >= 0.3 is 0 Å². The quantitative estimate of drug-likeness (QED) is 0.278. The van der Waals surface area contributed by atoms with Gasteiger partial charge in [0.25, 0.3) is 0 Å². The molecular formula is C32H42F2O. The summed E-state index contributed by atoms with van der Waals surface area (Å²) >= 11 is 0. The highest BCUT2D eigenvalue weighted by Gasteiger charge is 2.28. The monoisotopic (exact) mass is 480 g/mol. The molecule has 2 aromatic carbocycles. The van der Waals surface area contributed by atoms with Crippen molar-refractivity contribution in [1.29, 1.82) is 0 Å². The molecular weight excluding hydrogens is 438 g/mol. The van der Waals surface area contributed by atoms with Crippen LogP contribution in [0, 0.1) is 11.8 Å². The van der Waals surface area contributed by atoms with E-state index in [0.29, 0.717) is 24.5 Å². The Hall–Kier alpha value is -2.29. The molecule has 0 amide bonds. The smallest absolute Gasteiger partial charge is 0.245 e. The van der Waals surface area contributed by atoms with Gasteiger partial charge in [0.1, 0.15) is 5.78 Å². The second-order valence-corrected chi connectivity index (χ2v) is 10.6. The lowest BCUT2D eigenvalue weighted by Crippen LogP contribution is -2.25. The lowest BCUT2D eigenvalue weighted by Gasteiger charge is -2.29. The second kappa shape index (κ2) is 12.6. The Bertz CT molecular complexity index is 1000. The first-order chi connectivity index (χ1) is 16.7. The van der Waals surface area contributed by atoms with Crippen molar-refractivity contribution in [2.24, 2.45) is 11.8 Å². The van der Waals surface area contributed by atoms with E-state index in [1.807, 2.05) is 12.1 Å². The van der Waals surface area contributed by atoms with Crippen LogP contribution >= 0.6 is 0 Å². The number of carbonyl (C=O) groups excluding carboxylic acids is 1. The number of halogens is 2. The highest BCUT2D eigenvalue weighted by atomic mass is 19.3. The van der Waals surface area contributed by atoms with Crippen LogP contribution in [0.25, 0.3) is 0 Å². The van der Waals surface area contributed by atoms with Gasteiger partial charge in [-0.25, -0.2) is 8.78 Å². The minimum Gasteiger partial charge on any atom is -0.299 e. The molecule has 0 aromatic heterocycles. The zero-order valence-corrected chi connectivity index (χ0v) is 21.8. The fraction of sp³-hybridized carbons (Fsp3) is 0.531. The molecule has 3 heteroatoms. The molecule has 1 aliphatic carbocycles. The first-order valence-electron chi connectivity index (χ1n) is 13.4. The molecule has 0 bridgehead atoms. The van der Waals surface area contributed by atoms with Crippen LogP contribution < -0.4 is 0 Å². The highest BCUT2D eigenvalue weighted by Crippen LogP contribution is 2.35. The predicted octanol–water partition coefficient (Wildman–Crippen LogP) is 8.51. The topological polar surface area (TPSA) is 17.1 Å². The molecule has 0 aliphatic heterocycles. The van der Waals surface area contributed by atoms with Crippen molar-refractivity contribution in [1.82, 2.24) is 0 Å². The Morgan fingerprint density at radius 1 is 1.00 bits per heavy atom. The van der Waals surface area contributed by atoms with Crippen LogP contribution in [0.5, 0.6) is 0 Å². The van der Waals surface area contributed by atoms with E-state index in [9.17, 15) is 13.6 Å². The summed E-state index contributed by atoms with van der Waals surface area (Å²) in [6, 6.07) is 14.7. The van der Waals surface area contributed by atoms with Crippen LogP contribution in [-0.2, 0) is 36.9 Å². The van der Waals surface area contributed by atoms with Crippen LogP contribution in [-0.4, -0.2) is 11.7 Å². The summed E-state index contributed by atoms with van der Waals surface area (Å²) in [5.41, 5.74) is 7.34. The zero-order chi connectivity index (χ0) is 25.4. The summed E-state index contributed by atoms with van der Waals surface area (Å²) < 4.78 is 26.4. The van der Waals surface area contributed by atoms with Crippen molar-refractivity contribution in [2.45, 2.75) is 97.3 Å². The number of allylic oxidation sites excluding steroid dienone is 1. The molecule has 0 saturated heterocycles. The van der Waals surface area contributed by atoms with E-state index >= 15 is 0 Å². The van der Waals surface area contributed by atoms with E-state index < -0.39 is 5.92 Å². The van der Waals surface area contributed by atoms with Crippen molar-refractivity contribution in [3.8, 4) is 0 Å². The summed E-state index contributed by atoms with van der Waals surface area (Å²) in [6.45, 7) is 9.56. The maximum absolute atomic E-state index is 13.2. The zero-order valence-electron chi connectivity index (χ0n) is 21.8.